The molecule has 1 heterocycles. The van der Waals surface area contributed by atoms with E-state index >= 15 is 0 Å². The molecular formula is C16H24N4O2. The molecule has 120 valence electrons. The molecule has 0 saturated carbocycles. The molecule has 0 spiro atoms. The number of benzene rings is 1. The molecule has 1 saturated heterocycles. The summed E-state index contributed by atoms with van der Waals surface area (Å²) in [6.07, 6.45) is 0. The van der Waals surface area contributed by atoms with Crippen molar-refractivity contribution in [1.29, 1.82) is 0 Å². The summed E-state index contributed by atoms with van der Waals surface area (Å²) in [4.78, 5) is 26.3. The van der Waals surface area contributed by atoms with E-state index in [4.69, 9.17) is 0 Å². The van der Waals surface area contributed by atoms with Gasteiger partial charge in [-0.2, -0.15) is 0 Å². The normalized spacial score (nSPS) is 16.4. The van der Waals surface area contributed by atoms with Crippen LogP contribution in [-0.4, -0.2) is 54.9 Å². The molecule has 0 unspecified atom stereocenters. The smallest absolute Gasteiger partial charge is 0.317 e. The van der Waals surface area contributed by atoms with Crippen molar-refractivity contribution in [2.24, 2.45) is 0 Å². The van der Waals surface area contributed by atoms with Crippen molar-refractivity contribution in [3.63, 3.8) is 0 Å². The minimum atomic E-state index is -0.631. The lowest BCUT2D eigenvalue weighted by molar-refractivity contribution is -0.139. The summed E-state index contributed by atoms with van der Waals surface area (Å²) in [5, 5.41) is 4.50. The second-order valence-corrected chi connectivity index (χ2v) is 5.96. The van der Waals surface area contributed by atoms with Crippen LogP contribution in [-0.2, 0) is 9.59 Å². The van der Waals surface area contributed by atoms with E-state index in [0.29, 0.717) is 5.69 Å². The zero-order valence-corrected chi connectivity index (χ0v) is 13.7. The molecule has 2 amide bonds. The second-order valence-electron chi connectivity index (χ2n) is 5.96. The lowest BCUT2D eigenvalue weighted by Crippen LogP contribution is -2.54. The highest BCUT2D eigenvalue weighted by molar-refractivity contribution is 6.39. The Morgan fingerprint density at radius 2 is 1.50 bits per heavy atom. The summed E-state index contributed by atoms with van der Waals surface area (Å²) in [6, 6.07) is 3.97. The largest absolute Gasteiger partial charge is 0.323 e. The van der Waals surface area contributed by atoms with Crippen LogP contribution in [0.25, 0.3) is 0 Å². The predicted molar refractivity (Wildman–Crippen MR) is 86.5 cm³/mol. The number of rotatable bonds is 2. The SMILES string of the molecule is Cc1cc(C)c(NC(=O)C(=O)NN2CCN(C)CC2)c(C)c1. The Hall–Kier alpha value is -1.92. The van der Waals surface area contributed by atoms with Gasteiger partial charge in [0.2, 0.25) is 0 Å². The fraction of sp³-hybridized carbons (Fsp3) is 0.500. The van der Waals surface area contributed by atoms with Crippen molar-refractivity contribution in [2.75, 3.05) is 38.5 Å². The molecule has 0 aliphatic carbocycles. The number of hydrogen-bond acceptors (Lipinski definition) is 4. The van der Waals surface area contributed by atoms with Gasteiger partial charge >= 0.3 is 11.8 Å². The van der Waals surface area contributed by atoms with Gasteiger partial charge in [-0.1, -0.05) is 17.7 Å². The number of nitrogens with one attached hydrogen (secondary N) is 2. The first-order valence-corrected chi connectivity index (χ1v) is 7.50. The summed E-state index contributed by atoms with van der Waals surface area (Å²) < 4.78 is 0. The van der Waals surface area contributed by atoms with Gasteiger partial charge in [-0.05, 0) is 38.9 Å². The highest BCUT2D eigenvalue weighted by Gasteiger charge is 2.21. The Morgan fingerprint density at radius 3 is 2.05 bits per heavy atom. The van der Waals surface area contributed by atoms with Crippen molar-refractivity contribution in [1.82, 2.24) is 15.3 Å². The number of hydrogen-bond donors (Lipinski definition) is 2. The lowest BCUT2D eigenvalue weighted by atomic mass is 10.1. The molecule has 1 aliphatic heterocycles. The molecule has 6 nitrogen and oxygen atoms in total. The maximum atomic E-state index is 12.1. The first-order valence-electron chi connectivity index (χ1n) is 7.50. The minimum Gasteiger partial charge on any atom is -0.317 e. The van der Waals surface area contributed by atoms with Gasteiger partial charge in [-0.15, -0.1) is 0 Å². The van der Waals surface area contributed by atoms with Gasteiger partial charge in [-0.3, -0.25) is 15.0 Å². The van der Waals surface area contributed by atoms with Crippen molar-refractivity contribution in [2.45, 2.75) is 20.8 Å². The Bertz CT molecular complexity index is 555. The van der Waals surface area contributed by atoms with E-state index in [9.17, 15) is 9.59 Å². The van der Waals surface area contributed by atoms with Gasteiger partial charge < -0.3 is 10.2 Å². The van der Waals surface area contributed by atoms with Crippen LogP contribution in [0.2, 0.25) is 0 Å². The van der Waals surface area contributed by atoms with Crippen molar-refractivity contribution < 1.29 is 9.59 Å². The molecule has 1 fully saturated rings. The fourth-order valence-electron chi connectivity index (χ4n) is 2.66. The van der Waals surface area contributed by atoms with E-state index in [-0.39, 0.29) is 0 Å². The maximum Gasteiger partial charge on any atom is 0.323 e. The maximum absolute atomic E-state index is 12.1. The van der Waals surface area contributed by atoms with Crippen LogP contribution in [0.1, 0.15) is 16.7 Å². The Labute approximate surface area is 131 Å². The average molecular weight is 304 g/mol. The summed E-state index contributed by atoms with van der Waals surface area (Å²) in [6.45, 7) is 9.04. The van der Waals surface area contributed by atoms with Gasteiger partial charge in [0.15, 0.2) is 0 Å². The standard InChI is InChI=1S/C16H24N4O2/c1-11-9-12(2)14(13(3)10-11)17-15(21)16(22)18-20-7-5-19(4)6-8-20/h9-10H,5-8H2,1-4H3,(H,17,21)(H,18,22). The minimum absolute atomic E-state index is 0.621. The number of aryl methyl sites for hydroxylation is 3. The van der Waals surface area contributed by atoms with Gasteiger partial charge in [0.25, 0.3) is 0 Å². The molecule has 2 N–H and O–H groups in total. The second kappa shape index (κ2) is 6.89. The zero-order valence-electron chi connectivity index (χ0n) is 13.7. The molecule has 6 heteroatoms. The summed E-state index contributed by atoms with van der Waals surface area (Å²) in [5.74, 6) is -1.25. The van der Waals surface area contributed by atoms with Gasteiger partial charge in [0.1, 0.15) is 0 Å². The van der Waals surface area contributed by atoms with E-state index in [1.807, 2.05) is 40.0 Å². The van der Waals surface area contributed by atoms with Gasteiger partial charge in [0, 0.05) is 31.9 Å². The lowest BCUT2D eigenvalue weighted by Gasteiger charge is -2.32. The third-order valence-corrected chi connectivity index (χ3v) is 3.88. The van der Waals surface area contributed by atoms with Gasteiger partial charge in [0.05, 0.1) is 0 Å². The predicted octanol–water partition coefficient (Wildman–Crippen LogP) is 0.829. The highest BCUT2D eigenvalue weighted by Crippen LogP contribution is 2.21. The monoisotopic (exact) mass is 304 g/mol. The molecule has 0 radical (unpaired) electrons. The van der Waals surface area contributed by atoms with Crippen LogP contribution in [0, 0.1) is 20.8 Å². The third-order valence-electron chi connectivity index (χ3n) is 3.88. The molecule has 0 aromatic heterocycles. The van der Waals surface area contributed by atoms with Crippen molar-refractivity contribution in [3.05, 3.63) is 28.8 Å². The number of nitrogens with zero attached hydrogens (tertiary/aromatic N) is 2. The van der Waals surface area contributed by atoms with Crippen LogP contribution in [0.4, 0.5) is 5.69 Å². The van der Waals surface area contributed by atoms with Gasteiger partial charge in [-0.25, -0.2) is 5.01 Å². The highest BCUT2D eigenvalue weighted by atomic mass is 16.2. The molecule has 22 heavy (non-hydrogen) atoms. The first kappa shape index (κ1) is 16.5. The Morgan fingerprint density at radius 1 is 0.955 bits per heavy atom. The summed E-state index contributed by atoms with van der Waals surface area (Å²) in [7, 11) is 2.04. The van der Waals surface area contributed by atoms with E-state index in [1.54, 1.807) is 5.01 Å². The van der Waals surface area contributed by atoms with E-state index in [1.165, 1.54) is 0 Å². The van der Waals surface area contributed by atoms with Crippen LogP contribution in [0.3, 0.4) is 0 Å². The van der Waals surface area contributed by atoms with Crippen LogP contribution in [0.15, 0.2) is 12.1 Å². The number of carbonyl (C=O) groups is 2. The van der Waals surface area contributed by atoms with Crippen LogP contribution in [0.5, 0.6) is 0 Å². The fourth-order valence-corrected chi connectivity index (χ4v) is 2.66. The average Bonchev–Trinajstić information content (AvgIpc) is 2.45. The molecule has 0 atom stereocenters. The van der Waals surface area contributed by atoms with E-state index in [2.05, 4.69) is 15.6 Å². The number of likely N-dealkylation sites (N-methyl/N-ethyl adjacent to an activating group) is 1. The van der Waals surface area contributed by atoms with Crippen LogP contribution >= 0.6 is 0 Å². The molecular weight excluding hydrogens is 280 g/mol. The zero-order chi connectivity index (χ0) is 16.3. The number of amides is 2. The third kappa shape index (κ3) is 4.05. The number of hydrazine groups is 1. The number of piperazine rings is 1. The van der Waals surface area contributed by atoms with E-state index < -0.39 is 11.8 Å². The molecule has 1 aromatic carbocycles. The molecule has 2 rings (SSSR count). The number of carbonyl (C=O) groups excluding carboxylic acids is 2. The summed E-state index contributed by atoms with van der Waals surface area (Å²) >= 11 is 0. The summed E-state index contributed by atoms with van der Waals surface area (Å²) in [5.41, 5.74) is 6.43. The van der Waals surface area contributed by atoms with Crippen molar-refractivity contribution >= 4 is 17.5 Å². The Kier molecular flexibility index (Phi) is 5.15. The van der Waals surface area contributed by atoms with E-state index in [0.717, 1.165) is 42.9 Å². The molecule has 0 bridgehead atoms. The quantitative estimate of drug-likeness (QED) is 0.794. The van der Waals surface area contributed by atoms with Crippen molar-refractivity contribution in [3.8, 4) is 0 Å². The topological polar surface area (TPSA) is 64.7 Å². The van der Waals surface area contributed by atoms with Crippen LogP contribution < -0.4 is 10.7 Å². The number of anilines is 1. The first-order chi connectivity index (χ1) is 10.4. The molecule has 1 aliphatic rings. The molecule has 1 aromatic rings. The Balaban J connectivity index is 1.96.